The van der Waals surface area contributed by atoms with Crippen molar-refractivity contribution in [2.24, 2.45) is 11.8 Å². The Hall–Kier alpha value is -1.13. The van der Waals surface area contributed by atoms with Crippen molar-refractivity contribution in [3.63, 3.8) is 0 Å². The lowest BCUT2D eigenvalue weighted by Crippen LogP contribution is -2.48. The first-order chi connectivity index (χ1) is 12.0. The molecule has 0 unspecified atom stereocenters. The highest BCUT2D eigenvalue weighted by Crippen LogP contribution is 2.41. The molecular weight excluding hydrogens is 316 g/mol. The van der Waals surface area contributed by atoms with E-state index in [2.05, 4.69) is 37.8 Å². The zero-order valence-electron chi connectivity index (χ0n) is 15.8. The van der Waals surface area contributed by atoms with Gasteiger partial charge in [0.25, 0.3) is 0 Å². The van der Waals surface area contributed by atoms with Crippen LogP contribution < -0.4 is 4.74 Å². The second-order valence-corrected chi connectivity index (χ2v) is 8.16. The van der Waals surface area contributed by atoms with E-state index in [0.717, 1.165) is 43.7 Å². The van der Waals surface area contributed by atoms with Crippen LogP contribution in [-0.4, -0.2) is 42.5 Å². The van der Waals surface area contributed by atoms with Crippen LogP contribution in [0.2, 0.25) is 0 Å². The first kappa shape index (κ1) is 18.7. The molecule has 0 saturated carbocycles. The van der Waals surface area contributed by atoms with Crippen molar-refractivity contribution in [3.8, 4) is 5.75 Å². The number of fused-ring (bicyclic) bond motifs is 3. The third kappa shape index (κ3) is 4.17. The number of benzene rings is 1. The number of ether oxygens (including phenoxy) is 1. The highest BCUT2D eigenvalue weighted by molar-refractivity contribution is 5.45. The topological polar surface area (TPSA) is 32.7 Å². The van der Waals surface area contributed by atoms with Gasteiger partial charge in [0.05, 0.1) is 19.4 Å². The molecule has 1 saturated heterocycles. The Morgan fingerprint density at radius 2 is 2.16 bits per heavy atom. The van der Waals surface area contributed by atoms with Crippen molar-refractivity contribution in [2.45, 2.75) is 58.6 Å². The summed E-state index contributed by atoms with van der Waals surface area (Å²) in [6, 6.07) is 4.69. The van der Waals surface area contributed by atoms with Crippen molar-refractivity contribution < 1.29 is 14.2 Å². The Kier molecular flexibility index (Phi) is 6.00. The summed E-state index contributed by atoms with van der Waals surface area (Å²) in [5, 5.41) is 10.7. The molecule has 0 spiro atoms. The Labute approximate surface area is 151 Å². The van der Waals surface area contributed by atoms with Crippen LogP contribution in [0.4, 0.5) is 4.39 Å². The Bertz CT molecular complexity index is 590. The summed E-state index contributed by atoms with van der Waals surface area (Å²) in [4.78, 5) is 2.56. The number of hydrogen-bond acceptors (Lipinski definition) is 3. The molecule has 0 aliphatic carbocycles. The molecule has 3 nitrogen and oxygen atoms in total. The number of hydrogen-bond donors (Lipinski definition) is 1. The number of nitrogens with zero attached hydrogens (tertiary/aromatic N) is 1. The van der Waals surface area contributed by atoms with Gasteiger partial charge < -0.3 is 9.84 Å². The molecule has 3 atom stereocenters. The summed E-state index contributed by atoms with van der Waals surface area (Å²) in [5.41, 5.74) is 3.79. The zero-order chi connectivity index (χ0) is 18.0. The van der Waals surface area contributed by atoms with E-state index in [4.69, 9.17) is 4.74 Å². The quantitative estimate of drug-likeness (QED) is 0.787. The number of aliphatic hydroxyl groups is 1. The van der Waals surface area contributed by atoms with Crippen molar-refractivity contribution in [2.75, 3.05) is 26.4 Å². The number of halogens is 1. The number of alkyl halides is 1. The zero-order valence-corrected chi connectivity index (χ0v) is 15.8. The standard InChI is InChI=1S/C21H32FNO2/c1-14(2)9-17-13-23-7-5-16-11-21(25-8-4-6-22)15(3)10-18(16)19(23)12-20(17)24/h10-11,14,17,19-20,24H,4-9,12-13H2,1-3H3/t17-,19-,20-/m1/s1/i22-1. The molecule has 0 bridgehead atoms. The van der Waals surface area contributed by atoms with Crippen LogP contribution in [-0.2, 0) is 6.42 Å². The van der Waals surface area contributed by atoms with Gasteiger partial charge in [-0.05, 0) is 60.8 Å². The molecule has 1 N–H and O–H groups in total. The maximum Gasteiger partial charge on any atom is 0.122 e. The van der Waals surface area contributed by atoms with Gasteiger partial charge in [0.15, 0.2) is 0 Å². The van der Waals surface area contributed by atoms with Gasteiger partial charge in [0.1, 0.15) is 5.75 Å². The largest absolute Gasteiger partial charge is 0.493 e. The molecule has 1 fully saturated rings. The second kappa shape index (κ2) is 8.05. The van der Waals surface area contributed by atoms with E-state index in [1.165, 1.54) is 11.1 Å². The lowest BCUT2D eigenvalue weighted by Gasteiger charge is -2.46. The SMILES string of the molecule is Cc1cc2c(cc1OCCC[18F])CCN1C[C@@H](CC(C)C)[C@H](O)C[C@H]21. The lowest BCUT2D eigenvalue weighted by atomic mass is 9.79. The predicted octanol–water partition coefficient (Wildman–Crippen LogP) is 4.06. The lowest BCUT2D eigenvalue weighted by molar-refractivity contribution is -0.0191. The normalized spacial score (nSPS) is 26.4. The molecule has 2 aliphatic heterocycles. The molecule has 2 aliphatic rings. The van der Waals surface area contributed by atoms with E-state index in [9.17, 15) is 9.50 Å². The summed E-state index contributed by atoms with van der Waals surface area (Å²) in [5.74, 6) is 1.90. The summed E-state index contributed by atoms with van der Waals surface area (Å²) >= 11 is 0. The predicted molar refractivity (Wildman–Crippen MR) is 98.9 cm³/mol. The van der Waals surface area contributed by atoms with Gasteiger partial charge in [-0.25, -0.2) is 0 Å². The minimum absolute atomic E-state index is 0.213. The van der Waals surface area contributed by atoms with Gasteiger partial charge in [-0.1, -0.05) is 19.9 Å². The summed E-state index contributed by atoms with van der Waals surface area (Å²) < 4.78 is 18.1. The van der Waals surface area contributed by atoms with E-state index in [1.54, 1.807) is 0 Å². The highest BCUT2D eigenvalue weighted by Gasteiger charge is 2.38. The Balaban J connectivity index is 1.76. The van der Waals surface area contributed by atoms with Crippen LogP contribution in [0.1, 0.15) is 55.8 Å². The molecule has 140 valence electrons. The van der Waals surface area contributed by atoms with Crippen molar-refractivity contribution >= 4 is 0 Å². The summed E-state index contributed by atoms with van der Waals surface area (Å²) in [6.45, 7) is 8.67. The third-order valence-electron chi connectivity index (χ3n) is 5.69. The van der Waals surface area contributed by atoms with Gasteiger partial charge in [0.2, 0.25) is 0 Å². The smallest absolute Gasteiger partial charge is 0.122 e. The van der Waals surface area contributed by atoms with Gasteiger partial charge in [-0.3, -0.25) is 9.29 Å². The van der Waals surface area contributed by atoms with Crippen LogP contribution in [0, 0.1) is 18.8 Å². The number of piperidine rings is 1. The fourth-order valence-electron chi connectivity index (χ4n) is 4.46. The average molecular weight is 348 g/mol. The molecule has 0 aromatic heterocycles. The van der Waals surface area contributed by atoms with Crippen LogP contribution in [0.25, 0.3) is 0 Å². The first-order valence-electron chi connectivity index (χ1n) is 9.74. The third-order valence-corrected chi connectivity index (χ3v) is 5.69. The second-order valence-electron chi connectivity index (χ2n) is 8.16. The van der Waals surface area contributed by atoms with E-state index in [-0.39, 0.29) is 12.8 Å². The van der Waals surface area contributed by atoms with Gasteiger partial charge >= 0.3 is 0 Å². The van der Waals surface area contributed by atoms with E-state index < -0.39 is 0 Å². The molecule has 1 aromatic rings. The molecule has 0 amide bonds. The van der Waals surface area contributed by atoms with Gasteiger partial charge in [-0.2, -0.15) is 0 Å². The van der Waals surface area contributed by atoms with Crippen LogP contribution in [0.3, 0.4) is 0 Å². The molecule has 4 heteroatoms. The highest BCUT2D eigenvalue weighted by atomic mass is 18.2. The van der Waals surface area contributed by atoms with Crippen molar-refractivity contribution in [3.05, 3.63) is 28.8 Å². The van der Waals surface area contributed by atoms with E-state index >= 15 is 0 Å². The number of aryl methyl sites for hydroxylation is 1. The van der Waals surface area contributed by atoms with Crippen LogP contribution in [0.5, 0.6) is 5.75 Å². The molecule has 25 heavy (non-hydrogen) atoms. The van der Waals surface area contributed by atoms with Crippen LogP contribution in [0.15, 0.2) is 12.1 Å². The van der Waals surface area contributed by atoms with Gasteiger partial charge in [-0.15, -0.1) is 0 Å². The minimum atomic E-state index is -0.337. The monoisotopic (exact) mass is 348 g/mol. The van der Waals surface area contributed by atoms with Gasteiger partial charge in [0, 0.05) is 25.6 Å². The average Bonchev–Trinajstić information content (AvgIpc) is 2.56. The number of rotatable bonds is 6. The molecule has 3 rings (SSSR count). The van der Waals surface area contributed by atoms with E-state index in [1.807, 2.05) is 0 Å². The minimum Gasteiger partial charge on any atom is -0.493 e. The maximum atomic E-state index is 12.3. The fraction of sp³-hybridized carbons (Fsp3) is 0.714. The number of aliphatic hydroxyl groups excluding tert-OH is 1. The molecule has 2 heterocycles. The fourth-order valence-corrected chi connectivity index (χ4v) is 4.46. The summed E-state index contributed by atoms with van der Waals surface area (Å²) in [6.07, 6.45) is 3.17. The molecule has 0 radical (unpaired) electrons. The molecular formula is C21H32FNO2. The van der Waals surface area contributed by atoms with Crippen molar-refractivity contribution in [1.29, 1.82) is 0 Å². The summed E-state index contributed by atoms with van der Waals surface area (Å²) in [7, 11) is 0. The first-order valence-corrected chi connectivity index (χ1v) is 9.74. The maximum absolute atomic E-state index is 12.3. The Morgan fingerprint density at radius 3 is 2.88 bits per heavy atom. The van der Waals surface area contributed by atoms with Crippen molar-refractivity contribution in [1.82, 2.24) is 4.90 Å². The Morgan fingerprint density at radius 1 is 1.36 bits per heavy atom. The molecule has 1 aromatic carbocycles. The van der Waals surface area contributed by atoms with Crippen LogP contribution >= 0.6 is 0 Å². The van der Waals surface area contributed by atoms with E-state index in [0.29, 0.717) is 30.9 Å².